The van der Waals surface area contributed by atoms with E-state index in [0.717, 1.165) is 6.20 Å². The fourth-order valence-electron chi connectivity index (χ4n) is 0.744. The van der Waals surface area contributed by atoms with Gasteiger partial charge in [0, 0.05) is 6.20 Å². The Morgan fingerprint density at radius 1 is 1.77 bits per heavy atom. The summed E-state index contributed by atoms with van der Waals surface area (Å²) >= 11 is 0. The minimum Gasteiger partial charge on any atom is -0.505 e. The van der Waals surface area contributed by atoms with Crippen LogP contribution >= 0.6 is 0 Å². The summed E-state index contributed by atoms with van der Waals surface area (Å²) < 4.78 is 4.60. The Hall–Kier alpha value is -2.02. The largest absolute Gasteiger partial charge is 0.505 e. The molecule has 4 heteroatoms. The van der Waals surface area contributed by atoms with Crippen LogP contribution < -0.4 is 0 Å². The number of hydrogen-bond donors (Lipinski definition) is 1. The summed E-state index contributed by atoms with van der Waals surface area (Å²) in [6.07, 6.45) is 7.43. The summed E-state index contributed by atoms with van der Waals surface area (Å²) in [7, 11) is 0. The predicted molar refractivity (Wildman–Crippen MR) is 45.0 cm³/mol. The lowest BCUT2D eigenvalue weighted by molar-refractivity contribution is 0.0553. The molecular formula is C9H7NO3. The number of aromatic hydroxyl groups is 1. The van der Waals surface area contributed by atoms with E-state index >= 15 is 0 Å². The Kier molecular flexibility index (Phi) is 2.87. The van der Waals surface area contributed by atoms with Gasteiger partial charge in [0.2, 0.25) is 0 Å². The molecule has 0 aliphatic rings. The summed E-state index contributed by atoms with van der Waals surface area (Å²) in [6.45, 7) is -0.111. The first-order valence-corrected chi connectivity index (χ1v) is 3.49. The normalized spacial score (nSPS) is 8.85. The molecule has 0 unspecified atom stereocenters. The Morgan fingerprint density at radius 2 is 2.54 bits per heavy atom. The molecule has 1 N–H and O–H groups in total. The van der Waals surface area contributed by atoms with Crippen molar-refractivity contribution in [1.82, 2.24) is 4.98 Å². The van der Waals surface area contributed by atoms with Gasteiger partial charge in [-0.05, 0) is 6.07 Å². The molecule has 4 nitrogen and oxygen atoms in total. The van der Waals surface area contributed by atoms with Gasteiger partial charge in [-0.1, -0.05) is 5.92 Å². The standard InChI is InChI=1S/C9H7NO3/c1-2-5-13-9(12)7-3-4-10-6-8(7)11/h1,3-4,6,11H,5H2. The lowest BCUT2D eigenvalue weighted by atomic mass is 10.2. The molecule has 0 aliphatic heterocycles. The molecule has 0 saturated carbocycles. The second-order valence-corrected chi connectivity index (χ2v) is 2.17. The van der Waals surface area contributed by atoms with E-state index in [0.29, 0.717) is 0 Å². The molecule has 1 aromatic rings. The third-order valence-corrected chi connectivity index (χ3v) is 1.31. The average Bonchev–Trinajstić information content (AvgIpc) is 2.15. The number of aromatic nitrogens is 1. The van der Waals surface area contributed by atoms with Gasteiger partial charge in [0.15, 0.2) is 6.61 Å². The highest BCUT2D eigenvalue weighted by atomic mass is 16.5. The Balaban J connectivity index is 2.78. The van der Waals surface area contributed by atoms with Gasteiger partial charge in [0.1, 0.15) is 11.3 Å². The van der Waals surface area contributed by atoms with E-state index < -0.39 is 5.97 Å². The SMILES string of the molecule is C#CCOC(=O)c1ccncc1O. The monoisotopic (exact) mass is 177 g/mol. The maximum atomic E-state index is 11.1. The second kappa shape index (κ2) is 4.12. The van der Waals surface area contributed by atoms with Crippen molar-refractivity contribution >= 4 is 5.97 Å². The van der Waals surface area contributed by atoms with Gasteiger partial charge in [0.05, 0.1) is 6.20 Å². The summed E-state index contributed by atoms with van der Waals surface area (Å²) in [4.78, 5) is 14.7. The van der Waals surface area contributed by atoms with Crippen molar-refractivity contribution in [3.8, 4) is 18.1 Å². The van der Waals surface area contributed by atoms with Crippen molar-refractivity contribution in [2.75, 3.05) is 6.61 Å². The lowest BCUT2D eigenvalue weighted by Gasteiger charge is -2.01. The molecule has 0 bridgehead atoms. The summed E-state index contributed by atoms with van der Waals surface area (Å²) in [5.41, 5.74) is 0.0604. The van der Waals surface area contributed by atoms with E-state index in [4.69, 9.17) is 11.5 Å². The number of hydrogen-bond acceptors (Lipinski definition) is 4. The van der Waals surface area contributed by atoms with Crippen molar-refractivity contribution in [1.29, 1.82) is 0 Å². The zero-order valence-electron chi connectivity index (χ0n) is 6.73. The second-order valence-electron chi connectivity index (χ2n) is 2.17. The fraction of sp³-hybridized carbons (Fsp3) is 0.111. The van der Waals surface area contributed by atoms with Crippen LogP contribution in [0.2, 0.25) is 0 Å². The van der Waals surface area contributed by atoms with Crippen LogP contribution in [0.1, 0.15) is 10.4 Å². The highest BCUT2D eigenvalue weighted by Crippen LogP contribution is 2.14. The van der Waals surface area contributed by atoms with Crippen molar-refractivity contribution in [2.45, 2.75) is 0 Å². The van der Waals surface area contributed by atoms with Crippen molar-refractivity contribution in [3.63, 3.8) is 0 Å². The number of pyridine rings is 1. The third kappa shape index (κ3) is 2.20. The predicted octanol–water partition coefficient (Wildman–Crippen LogP) is 0.577. The number of carbonyl (C=O) groups is 1. The molecule has 0 spiro atoms. The van der Waals surface area contributed by atoms with Gasteiger partial charge in [0.25, 0.3) is 0 Å². The Bertz CT molecular complexity index is 354. The van der Waals surface area contributed by atoms with Crippen LogP contribution in [0, 0.1) is 12.3 Å². The van der Waals surface area contributed by atoms with Crippen LogP contribution in [0.5, 0.6) is 5.75 Å². The smallest absolute Gasteiger partial charge is 0.342 e. The van der Waals surface area contributed by atoms with Crippen molar-refractivity contribution < 1.29 is 14.6 Å². The molecule has 0 amide bonds. The lowest BCUT2D eigenvalue weighted by Crippen LogP contribution is -2.05. The van der Waals surface area contributed by atoms with Gasteiger partial charge in [-0.15, -0.1) is 6.42 Å². The third-order valence-electron chi connectivity index (χ3n) is 1.31. The van der Waals surface area contributed by atoms with Gasteiger partial charge in [-0.2, -0.15) is 0 Å². The minimum atomic E-state index is -0.655. The number of carbonyl (C=O) groups excluding carboxylic acids is 1. The van der Waals surface area contributed by atoms with Crippen LogP contribution in [0.25, 0.3) is 0 Å². The number of esters is 1. The molecule has 0 saturated heterocycles. The zero-order chi connectivity index (χ0) is 9.68. The minimum absolute atomic E-state index is 0.0604. The first-order chi connectivity index (χ1) is 6.25. The van der Waals surface area contributed by atoms with Crippen molar-refractivity contribution in [2.24, 2.45) is 0 Å². The fourth-order valence-corrected chi connectivity index (χ4v) is 0.744. The Labute approximate surface area is 75.2 Å². The van der Waals surface area contributed by atoms with Gasteiger partial charge < -0.3 is 9.84 Å². The maximum absolute atomic E-state index is 11.1. The molecular weight excluding hydrogens is 170 g/mol. The van der Waals surface area contributed by atoms with Crippen LogP contribution in [0.15, 0.2) is 18.5 Å². The van der Waals surface area contributed by atoms with E-state index in [1.54, 1.807) is 0 Å². The number of rotatable bonds is 2. The van der Waals surface area contributed by atoms with Gasteiger partial charge in [-0.25, -0.2) is 4.79 Å². The summed E-state index contributed by atoms with van der Waals surface area (Å²) in [5, 5.41) is 9.17. The van der Waals surface area contributed by atoms with Gasteiger partial charge >= 0.3 is 5.97 Å². The number of ether oxygens (including phenoxy) is 1. The first kappa shape index (κ1) is 9.07. The van der Waals surface area contributed by atoms with E-state index in [1.165, 1.54) is 12.3 Å². The molecule has 0 radical (unpaired) electrons. The quantitative estimate of drug-likeness (QED) is 0.530. The molecule has 66 valence electrons. The highest BCUT2D eigenvalue weighted by molar-refractivity contribution is 5.92. The molecule has 1 rings (SSSR count). The first-order valence-electron chi connectivity index (χ1n) is 3.49. The van der Waals surface area contributed by atoms with Crippen LogP contribution in [-0.4, -0.2) is 22.7 Å². The molecule has 1 heterocycles. The molecule has 0 fully saturated rings. The molecule has 0 atom stereocenters. The molecule has 0 aliphatic carbocycles. The van der Waals surface area contributed by atoms with Crippen LogP contribution in [-0.2, 0) is 4.74 Å². The average molecular weight is 177 g/mol. The zero-order valence-corrected chi connectivity index (χ0v) is 6.73. The van der Waals surface area contributed by atoms with E-state index in [9.17, 15) is 4.79 Å². The Morgan fingerprint density at radius 3 is 3.15 bits per heavy atom. The van der Waals surface area contributed by atoms with Crippen LogP contribution in [0.3, 0.4) is 0 Å². The van der Waals surface area contributed by atoms with E-state index in [1.807, 2.05) is 0 Å². The summed E-state index contributed by atoms with van der Waals surface area (Å²) in [6, 6.07) is 1.36. The van der Waals surface area contributed by atoms with E-state index in [-0.39, 0.29) is 17.9 Å². The summed E-state index contributed by atoms with van der Waals surface area (Å²) in [5.74, 6) is 1.27. The topological polar surface area (TPSA) is 59.4 Å². The highest BCUT2D eigenvalue weighted by Gasteiger charge is 2.10. The number of terminal acetylenes is 1. The molecule has 13 heavy (non-hydrogen) atoms. The van der Waals surface area contributed by atoms with Gasteiger partial charge in [-0.3, -0.25) is 4.98 Å². The number of nitrogens with zero attached hydrogens (tertiary/aromatic N) is 1. The molecule has 1 aromatic heterocycles. The van der Waals surface area contributed by atoms with Crippen molar-refractivity contribution in [3.05, 3.63) is 24.0 Å². The van der Waals surface area contributed by atoms with Crippen LogP contribution in [0.4, 0.5) is 0 Å². The van der Waals surface area contributed by atoms with E-state index in [2.05, 4.69) is 15.6 Å². The maximum Gasteiger partial charge on any atom is 0.342 e. The molecule has 0 aromatic carbocycles.